The van der Waals surface area contributed by atoms with Gasteiger partial charge in [0.1, 0.15) is 5.76 Å². The number of sulfonamides is 1. The summed E-state index contributed by atoms with van der Waals surface area (Å²) in [6.45, 7) is 2.86. The first-order chi connectivity index (χ1) is 12.9. The first-order valence-electron chi connectivity index (χ1n) is 9.01. The lowest BCUT2D eigenvalue weighted by Gasteiger charge is -2.26. The first kappa shape index (κ1) is 19.9. The standard InChI is InChI=1S/C19H23ClN2O4S/c1-14(12-15-6-5-11-26-15)21-19(23)17-13-16(7-8-18(17)20)27(24,25)22-9-3-2-4-10-22/h5-8,11,13-14H,2-4,9-10,12H2,1H3,(H,21,23). The van der Waals surface area contributed by atoms with Crippen LogP contribution in [0.5, 0.6) is 0 Å². The molecule has 27 heavy (non-hydrogen) atoms. The predicted molar refractivity (Wildman–Crippen MR) is 103 cm³/mol. The van der Waals surface area contributed by atoms with E-state index in [1.165, 1.54) is 22.5 Å². The minimum atomic E-state index is -3.62. The zero-order chi connectivity index (χ0) is 19.4. The molecule has 8 heteroatoms. The van der Waals surface area contributed by atoms with Gasteiger partial charge >= 0.3 is 0 Å². The molecule has 0 spiro atoms. The van der Waals surface area contributed by atoms with Crippen LogP contribution in [-0.4, -0.2) is 37.8 Å². The van der Waals surface area contributed by atoms with Crippen molar-refractivity contribution >= 4 is 27.5 Å². The van der Waals surface area contributed by atoms with Crippen molar-refractivity contribution in [1.82, 2.24) is 9.62 Å². The van der Waals surface area contributed by atoms with Gasteiger partial charge in [-0.15, -0.1) is 0 Å². The zero-order valence-corrected chi connectivity index (χ0v) is 16.7. The topological polar surface area (TPSA) is 79.6 Å². The minimum absolute atomic E-state index is 0.0950. The van der Waals surface area contributed by atoms with Gasteiger partial charge in [-0.3, -0.25) is 4.79 Å². The number of hydrogen-bond donors (Lipinski definition) is 1. The van der Waals surface area contributed by atoms with Crippen molar-refractivity contribution < 1.29 is 17.6 Å². The molecule has 0 radical (unpaired) electrons. The van der Waals surface area contributed by atoms with Gasteiger partial charge in [0.2, 0.25) is 10.0 Å². The summed E-state index contributed by atoms with van der Waals surface area (Å²) in [5, 5.41) is 3.06. The second kappa shape index (κ2) is 8.46. The lowest BCUT2D eigenvalue weighted by molar-refractivity contribution is 0.0939. The molecule has 0 bridgehead atoms. The molecule has 3 rings (SSSR count). The number of amides is 1. The molecule has 0 aliphatic carbocycles. The van der Waals surface area contributed by atoms with Crippen molar-refractivity contribution in [3.8, 4) is 0 Å². The van der Waals surface area contributed by atoms with E-state index in [2.05, 4.69) is 5.32 Å². The van der Waals surface area contributed by atoms with E-state index in [1.807, 2.05) is 13.0 Å². The van der Waals surface area contributed by atoms with Crippen LogP contribution in [0.1, 0.15) is 42.3 Å². The Labute approximate surface area is 164 Å². The van der Waals surface area contributed by atoms with Gasteiger partial charge in [0.25, 0.3) is 5.91 Å². The van der Waals surface area contributed by atoms with Crippen molar-refractivity contribution in [3.63, 3.8) is 0 Å². The number of hydrogen-bond acceptors (Lipinski definition) is 4. The molecule has 1 aliphatic rings. The average Bonchev–Trinajstić information content (AvgIpc) is 3.15. The van der Waals surface area contributed by atoms with Crippen molar-refractivity contribution in [3.05, 3.63) is 52.9 Å². The van der Waals surface area contributed by atoms with E-state index in [-0.39, 0.29) is 21.5 Å². The first-order valence-corrected chi connectivity index (χ1v) is 10.8. The molecule has 146 valence electrons. The van der Waals surface area contributed by atoms with Crippen LogP contribution < -0.4 is 5.32 Å². The Morgan fingerprint density at radius 3 is 2.67 bits per heavy atom. The van der Waals surface area contributed by atoms with Crippen molar-refractivity contribution in [2.45, 2.75) is 43.5 Å². The van der Waals surface area contributed by atoms with E-state index in [0.717, 1.165) is 25.0 Å². The summed E-state index contributed by atoms with van der Waals surface area (Å²) in [5.74, 6) is 0.352. The number of nitrogens with one attached hydrogen (secondary N) is 1. The fraction of sp³-hybridized carbons (Fsp3) is 0.421. The normalized spacial score (nSPS) is 16.8. The quantitative estimate of drug-likeness (QED) is 0.790. The summed E-state index contributed by atoms with van der Waals surface area (Å²) < 4.78 is 32.4. The van der Waals surface area contributed by atoms with E-state index in [0.29, 0.717) is 19.5 Å². The molecule has 0 saturated carbocycles. The van der Waals surface area contributed by atoms with Gasteiger partial charge < -0.3 is 9.73 Å². The fourth-order valence-corrected chi connectivity index (χ4v) is 4.92. The third-order valence-electron chi connectivity index (χ3n) is 4.60. The summed E-state index contributed by atoms with van der Waals surface area (Å²) in [6, 6.07) is 7.71. The maximum Gasteiger partial charge on any atom is 0.253 e. The van der Waals surface area contributed by atoms with E-state index in [9.17, 15) is 13.2 Å². The summed E-state index contributed by atoms with van der Waals surface area (Å²) in [6.07, 6.45) is 4.85. The summed E-state index contributed by atoms with van der Waals surface area (Å²) in [5.41, 5.74) is 0.154. The van der Waals surface area contributed by atoms with Crippen LogP contribution in [0.25, 0.3) is 0 Å². The molecule has 2 aromatic rings. The number of halogens is 1. The highest BCUT2D eigenvalue weighted by Gasteiger charge is 2.27. The fourth-order valence-electron chi connectivity index (χ4n) is 3.18. The molecule has 1 aromatic heterocycles. The molecule has 1 N–H and O–H groups in total. The van der Waals surface area contributed by atoms with Gasteiger partial charge in [0.05, 0.1) is 21.7 Å². The molecule has 6 nitrogen and oxygen atoms in total. The number of furan rings is 1. The molecule has 1 aromatic carbocycles. The maximum atomic E-state index is 12.8. The highest BCUT2D eigenvalue weighted by molar-refractivity contribution is 7.89. The highest BCUT2D eigenvalue weighted by Crippen LogP contribution is 2.25. The molecular formula is C19H23ClN2O4S. The van der Waals surface area contributed by atoms with E-state index >= 15 is 0 Å². The molecule has 2 heterocycles. The Balaban J connectivity index is 1.77. The maximum absolute atomic E-state index is 12.8. The number of benzene rings is 1. The van der Waals surface area contributed by atoms with Crippen LogP contribution >= 0.6 is 11.6 Å². The van der Waals surface area contributed by atoms with Crippen LogP contribution in [0.3, 0.4) is 0 Å². The van der Waals surface area contributed by atoms with E-state index < -0.39 is 15.9 Å². The van der Waals surface area contributed by atoms with E-state index in [4.69, 9.17) is 16.0 Å². The SMILES string of the molecule is CC(Cc1ccco1)NC(=O)c1cc(S(=O)(=O)N2CCCCC2)ccc1Cl. The second-order valence-electron chi connectivity index (χ2n) is 6.76. The predicted octanol–water partition coefficient (Wildman–Crippen LogP) is 3.47. The van der Waals surface area contributed by atoms with Gasteiger partial charge in [-0.25, -0.2) is 8.42 Å². The highest BCUT2D eigenvalue weighted by atomic mass is 35.5. The molecule has 1 aliphatic heterocycles. The molecule has 1 amide bonds. The Morgan fingerprint density at radius 1 is 1.26 bits per heavy atom. The summed E-state index contributed by atoms with van der Waals surface area (Å²) >= 11 is 6.17. The van der Waals surface area contributed by atoms with Gasteiger partial charge in [0.15, 0.2) is 0 Å². The van der Waals surface area contributed by atoms with Crippen LogP contribution in [0, 0.1) is 0 Å². The third-order valence-corrected chi connectivity index (χ3v) is 6.82. The van der Waals surface area contributed by atoms with Gasteiger partial charge in [-0.05, 0) is 50.1 Å². The van der Waals surface area contributed by atoms with Crippen molar-refractivity contribution in [2.75, 3.05) is 13.1 Å². The Morgan fingerprint density at radius 2 is 2.00 bits per heavy atom. The largest absolute Gasteiger partial charge is 0.469 e. The third kappa shape index (κ3) is 4.72. The monoisotopic (exact) mass is 410 g/mol. The average molecular weight is 411 g/mol. The van der Waals surface area contributed by atoms with Gasteiger partial charge in [-0.1, -0.05) is 18.0 Å². The van der Waals surface area contributed by atoms with Crippen LogP contribution in [0.2, 0.25) is 5.02 Å². The Hall–Kier alpha value is -1.83. The molecule has 1 atom stereocenters. The second-order valence-corrected chi connectivity index (χ2v) is 9.11. The number of piperidine rings is 1. The number of nitrogens with zero attached hydrogens (tertiary/aromatic N) is 1. The summed E-state index contributed by atoms with van der Waals surface area (Å²) in [7, 11) is -3.62. The van der Waals surface area contributed by atoms with Gasteiger partial charge in [0, 0.05) is 25.6 Å². The lowest BCUT2D eigenvalue weighted by atomic mass is 10.1. The molecule has 1 fully saturated rings. The van der Waals surface area contributed by atoms with Crippen molar-refractivity contribution in [1.29, 1.82) is 0 Å². The van der Waals surface area contributed by atoms with Crippen molar-refractivity contribution in [2.24, 2.45) is 0 Å². The number of carbonyl (C=O) groups is 1. The van der Waals surface area contributed by atoms with Crippen LogP contribution in [0.4, 0.5) is 0 Å². The number of carbonyl (C=O) groups excluding carboxylic acids is 1. The zero-order valence-electron chi connectivity index (χ0n) is 15.2. The summed E-state index contributed by atoms with van der Waals surface area (Å²) in [4.78, 5) is 12.7. The lowest BCUT2D eigenvalue weighted by Crippen LogP contribution is -2.36. The van der Waals surface area contributed by atoms with Crippen LogP contribution in [-0.2, 0) is 16.4 Å². The Kier molecular flexibility index (Phi) is 6.24. The molecule has 1 saturated heterocycles. The molecular weight excluding hydrogens is 388 g/mol. The van der Waals surface area contributed by atoms with E-state index in [1.54, 1.807) is 12.3 Å². The smallest absolute Gasteiger partial charge is 0.253 e. The number of rotatable bonds is 6. The van der Waals surface area contributed by atoms with Crippen LogP contribution in [0.15, 0.2) is 45.9 Å². The Bertz CT molecular complexity index is 890. The van der Waals surface area contributed by atoms with Gasteiger partial charge in [-0.2, -0.15) is 4.31 Å². The minimum Gasteiger partial charge on any atom is -0.469 e. The molecule has 1 unspecified atom stereocenters.